The number of para-hydroxylation sites is 1. The van der Waals surface area contributed by atoms with E-state index >= 15 is 0 Å². The molecule has 0 aliphatic heterocycles. The van der Waals surface area contributed by atoms with Crippen LogP contribution >= 0.6 is 0 Å². The van der Waals surface area contributed by atoms with Crippen molar-refractivity contribution in [1.29, 1.82) is 0 Å². The van der Waals surface area contributed by atoms with Crippen LogP contribution in [0.5, 0.6) is 0 Å². The highest BCUT2D eigenvalue weighted by Crippen LogP contribution is 2.29. The molecule has 0 spiro atoms. The van der Waals surface area contributed by atoms with E-state index in [2.05, 4.69) is 4.98 Å². The lowest BCUT2D eigenvalue weighted by molar-refractivity contribution is 0.0682. The molecule has 1 aliphatic rings. The number of hydrogen-bond donors (Lipinski definition) is 1. The fourth-order valence-corrected chi connectivity index (χ4v) is 2.44. The van der Waals surface area contributed by atoms with Gasteiger partial charge >= 0.3 is 0 Å². The average molecular weight is 258 g/mol. The lowest BCUT2D eigenvalue weighted by atomic mass is 10.1. The summed E-state index contributed by atoms with van der Waals surface area (Å²) in [6.07, 6.45) is 4.09. The van der Waals surface area contributed by atoms with Gasteiger partial charge in [-0.2, -0.15) is 0 Å². The van der Waals surface area contributed by atoms with Crippen LogP contribution < -0.4 is 0 Å². The fraction of sp³-hybridized carbons (Fsp3) is 0.400. The minimum absolute atomic E-state index is 0.104. The van der Waals surface area contributed by atoms with Crippen molar-refractivity contribution in [2.45, 2.75) is 18.9 Å². The third-order valence-corrected chi connectivity index (χ3v) is 3.60. The predicted octanol–water partition coefficient (Wildman–Crippen LogP) is 2.42. The summed E-state index contributed by atoms with van der Waals surface area (Å²) in [5.74, 6) is 0.104. The van der Waals surface area contributed by atoms with Crippen LogP contribution in [-0.2, 0) is 4.74 Å². The highest BCUT2D eigenvalue weighted by molar-refractivity contribution is 6.05. The van der Waals surface area contributed by atoms with E-state index in [4.69, 9.17) is 4.74 Å². The highest BCUT2D eigenvalue weighted by Gasteiger charge is 2.33. The number of aromatic amines is 1. The number of amides is 1. The van der Waals surface area contributed by atoms with Gasteiger partial charge in [0.05, 0.1) is 17.7 Å². The molecule has 1 N–H and O–H groups in total. The number of carbonyl (C=O) groups is 1. The molecule has 100 valence electrons. The number of rotatable bonds is 5. The quantitative estimate of drug-likeness (QED) is 0.895. The second kappa shape index (κ2) is 5.05. The summed E-state index contributed by atoms with van der Waals surface area (Å²) in [6.45, 7) is 1.25. The summed E-state index contributed by atoms with van der Waals surface area (Å²) in [7, 11) is 1.67. The SMILES string of the molecule is COCCN(C(=O)c1cccc2cc[nH]c12)C1CC1. The molecule has 4 heteroatoms. The molecule has 1 fully saturated rings. The van der Waals surface area contributed by atoms with Crippen molar-refractivity contribution in [1.82, 2.24) is 9.88 Å². The van der Waals surface area contributed by atoms with Gasteiger partial charge in [-0.05, 0) is 25.0 Å². The van der Waals surface area contributed by atoms with E-state index in [9.17, 15) is 4.79 Å². The van der Waals surface area contributed by atoms with Crippen molar-refractivity contribution in [3.8, 4) is 0 Å². The van der Waals surface area contributed by atoms with Crippen LogP contribution in [-0.4, -0.2) is 42.1 Å². The molecular weight excluding hydrogens is 240 g/mol. The van der Waals surface area contributed by atoms with Crippen LogP contribution in [0.15, 0.2) is 30.5 Å². The molecule has 0 radical (unpaired) electrons. The first kappa shape index (κ1) is 12.2. The second-order valence-electron chi connectivity index (χ2n) is 4.97. The first-order chi connectivity index (χ1) is 9.31. The Morgan fingerprint density at radius 1 is 1.42 bits per heavy atom. The largest absolute Gasteiger partial charge is 0.383 e. The molecule has 1 aliphatic carbocycles. The Balaban J connectivity index is 1.90. The molecule has 2 aromatic rings. The van der Waals surface area contributed by atoms with E-state index in [0.717, 1.165) is 29.3 Å². The van der Waals surface area contributed by atoms with Crippen molar-refractivity contribution in [3.05, 3.63) is 36.0 Å². The maximum atomic E-state index is 12.7. The second-order valence-corrected chi connectivity index (χ2v) is 4.97. The minimum atomic E-state index is 0.104. The van der Waals surface area contributed by atoms with Gasteiger partial charge in [0, 0.05) is 31.3 Å². The number of ether oxygens (including phenoxy) is 1. The smallest absolute Gasteiger partial charge is 0.256 e. The number of fused-ring (bicyclic) bond motifs is 1. The van der Waals surface area contributed by atoms with Crippen molar-refractivity contribution in [2.24, 2.45) is 0 Å². The summed E-state index contributed by atoms with van der Waals surface area (Å²) in [5.41, 5.74) is 1.68. The number of hydrogen-bond acceptors (Lipinski definition) is 2. The fourth-order valence-electron chi connectivity index (χ4n) is 2.44. The van der Waals surface area contributed by atoms with Gasteiger partial charge in [-0.15, -0.1) is 0 Å². The van der Waals surface area contributed by atoms with E-state index in [-0.39, 0.29) is 5.91 Å². The van der Waals surface area contributed by atoms with Crippen molar-refractivity contribution in [3.63, 3.8) is 0 Å². The zero-order chi connectivity index (χ0) is 13.2. The molecule has 0 atom stereocenters. The molecule has 3 rings (SSSR count). The summed E-state index contributed by atoms with van der Waals surface area (Å²) >= 11 is 0. The summed E-state index contributed by atoms with van der Waals surface area (Å²) < 4.78 is 5.11. The summed E-state index contributed by atoms with van der Waals surface area (Å²) in [5, 5.41) is 1.08. The normalized spacial score (nSPS) is 14.8. The Kier molecular flexibility index (Phi) is 3.25. The molecule has 0 saturated heterocycles. The molecule has 1 amide bonds. The van der Waals surface area contributed by atoms with Gasteiger partial charge in [0.2, 0.25) is 0 Å². The van der Waals surface area contributed by atoms with Crippen molar-refractivity contribution < 1.29 is 9.53 Å². The van der Waals surface area contributed by atoms with E-state index in [1.807, 2.05) is 35.4 Å². The Morgan fingerprint density at radius 3 is 3.00 bits per heavy atom. The highest BCUT2D eigenvalue weighted by atomic mass is 16.5. The number of benzene rings is 1. The van der Waals surface area contributed by atoms with Gasteiger partial charge in [-0.1, -0.05) is 12.1 Å². The average Bonchev–Trinajstić information content (AvgIpc) is 3.15. The summed E-state index contributed by atoms with van der Waals surface area (Å²) in [6, 6.07) is 8.23. The van der Waals surface area contributed by atoms with Gasteiger partial charge in [0.25, 0.3) is 5.91 Å². The number of aromatic nitrogens is 1. The topological polar surface area (TPSA) is 45.3 Å². The van der Waals surface area contributed by atoms with E-state index in [0.29, 0.717) is 19.2 Å². The van der Waals surface area contributed by atoms with Crippen LogP contribution in [0.1, 0.15) is 23.2 Å². The Morgan fingerprint density at radius 2 is 2.26 bits per heavy atom. The van der Waals surface area contributed by atoms with Crippen LogP contribution in [0.25, 0.3) is 10.9 Å². The monoisotopic (exact) mass is 258 g/mol. The number of H-pyrrole nitrogens is 1. The van der Waals surface area contributed by atoms with Crippen molar-refractivity contribution in [2.75, 3.05) is 20.3 Å². The van der Waals surface area contributed by atoms with Crippen LogP contribution in [0.4, 0.5) is 0 Å². The number of carbonyl (C=O) groups excluding carboxylic acids is 1. The maximum Gasteiger partial charge on any atom is 0.256 e. The third-order valence-electron chi connectivity index (χ3n) is 3.60. The van der Waals surface area contributed by atoms with Gasteiger partial charge in [0.15, 0.2) is 0 Å². The zero-order valence-electron chi connectivity index (χ0n) is 11.1. The Labute approximate surface area is 112 Å². The first-order valence-corrected chi connectivity index (χ1v) is 6.67. The lowest BCUT2D eigenvalue weighted by Gasteiger charge is -2.22. The van der Waals surface area contributed by atoms with Crippen LogP contribution in [0, 0.1) is 0 Å². The molecule has 0 bridgehead atoms. The summed E-state index contributed by atoms with van der Waals surface area (Å²) in [4.78, 5) is 17.8. The molecular formula is C15H18N2O2. The number of nitrogens with zero attached hydrogens (tertiary/aromatic N) is 1. The number of methoxy groups -OCH3 is 1. The molecule has 1 aromatic carbocycles. The van der Waals surface area contributed by atoms with Crippen LogP contribution in [0.2, 0.25) is 0 Å². The zero-order valence-corrected chi connectivity index (χ0v) is 11.1. The van der Waals surface area contributed by atoms with E-state index in [1.54, 1.807) is 7.11 Å². The standard InChI is InChI=1S/C15H18N2O2/c1-19-10-9-17(12-5-6-12)15(18)13-4-2-3-11-7-8-16-14(11)13/h2-4,7-8,12,16H,5-6,9-10H2,1H3. The number of nitrogens with one attached hydrogen (secondary N) is 1. The Hall–Kier alpha value is -1.81. The van der Waals surface area contributed by atoms with Gasteiger partial charge in [0.1, 0.15) is 0 Å². The van der Waals surface area contributed by atoms with Gasteiger partial charge in [-0.25, -0.2) is 0 Å². The molecule has 1 saturated carbocycles. The minimum Gasteiger partial charge on any atom is -0.383 e. The molecule has 19 heavy (non-hydrogen) atoms. The molecule has 0 unspecified atom stereocenters. The first-order valence-electron chi connectivity index (χ1n) is 6.67. The van der Waals surface area contributed by atoms with E-state index in [1.165, 1.54) is 0 Å². The predicted molar refractivity (Wildman–Crippen MR) is 74.2 cm³/mol. The third kappa shape index (κ3) is 2.36. The Bertz CT molecular complexity index is 587. The molecule has 1 heterocycles. The van der Waals surface area contributed by atoms with Gasteiger partial charge < -0.3 is 14.6 Å². The van der Waals surface area contributed by atoms with Crippen molar-refractivity contribution >= 4 is 16.8 Å². The van der Waals surface area contributed by atoms with E-state index < -0.39 is 0 Å². The molecule has 1 aromatic heterocycles. The lowest BCUT2D eigenvalue weighted by Crippen LogP contribution is -2.35. The van der Waals surface area contributed by atoms with Gasteiger partial charge in [-0.3, -0.25) is 4.79 Å². The maximum absolute atomic E-state index is 12.7. The van der Waals surface area contributed by atoms with Crippen LogP contribution in [0.3, 0.4) is 0 Å². The molecule has 4 nitrogen and oxygen atoms in total.